The van der Waals surface area contributed by atoms with Gasteiger partial charge in [-0.1, -0.05) is 30.3 Å². The molecule has 2 aromatic rings. The minimum atomic E-state index is -0.0752. The average molecular weight is 351 g/mol. The van der Waals surface area contributed by atoms with Crippen LogP contribution in [-0.2, 0) is 16.0 Å². The first kappa shape index (κ1) is 18.0. The first-order chi connectivity index (χ1) is 12.5. The van der Waals surface area contributed by atoms with Gasteiger partial charge in [0, 0.05) is 44.5 Å². The Kier molecular flexibility index (Phi) is 5.56. The van der Waals surface area contributed by atoms with E-state index >= 15 is 0 Å². The maximum Gasteiger partial charge on any atom is 0.227 e. The molecule has 26 heavy (non-hydrogen) atoms. The van der Waals surface area contributed by atoms with Gasteiger partial charge in [0.15, 0.2) is 0 Å². The van der Waals surface area contributed by atoms with Crippen LogP contribution in [0.15, 0.2) is 48.5 Å². The molecule has 1 heterocycles. The van der Waals surface area contributed by atoms with Crippen molar-refractivity contribution in [3.8, 4) is 0 Å². The molecule has 1 N–H and O–H groups in total. The Balaban J connectivity index is 1.58. The summed E-state index contributed by atoms with van der Waals surface area (Å²) in [5.41, 5.74) is 4.13. The van der Waals surface area contributed by atoms with Gasteiger partial charge in [0.25, 0.3) is 0 Å². The SMILES string of the molecule is CC(=O)Nc1cccc(N2CCN(C(=O)Cc3ccccc3C)CC2)c1. The number of carbonyl (C=O) groups excluding carboxylic acids is 2. The summed E-state index contributed by atoms with van der Waals surface area (Å²) in [7, 11) is 0. The average Bonchev–Trinajstić information content (AvgIpc) is 2.63. The van der Waals surface area contributed by atoms with Crippen molar-refractivity contribution >= 4 is 23.2 Å². The third-order valence-corrected chi connectivity index (χ3v) is 4.77. The van der Waals surface area contributed by atoms with Crippen molar-refractivity contribution in [3.63, 3.8) is 0 Å². The highest BCUT2D eigenvalue weighted by molar-refractivity contribution is 5.89. The zero-order valence-electron chi connectivity index (χ0n) is 15.4. The Morgan fingerprint density at radius 3 is 2.42 bits per heavy atom. The molecule has 2 amide bonds. The van der Waals surface area contributed by atoms with E-state index in [1.807, 2.05) is 60.4 Å². The lowest BCUT2D eigenvalue weighted by atomic mass is 10.1. The molecule has 0 atom stereocenters. The molecule has 0 aliphatic carbocycles. The van der Waals surface area contributed by atoms with E-state index in [-0.39, 0.29) is 11.8 Å². The third kappa shape index (κ3) is 4.42. The predicted octanol–water partition coefficient (Wildman–Crippen LogP) is 2.84. The number of piperazine rings is 1. The normalized spacial score (nSPS) is 14.2. The van der Waals surface area contributed by atoms with Gasteiger partial charge in [-0.2, -0.15) is 0 Å². The van der Waals surface area contributed by atoms with E-state index in [0.29, 0.717) is 6.42 Å². The van der Waals surface area contributed by atoms with Gasteiger partial charge in [0.2, 0.25) is 11.8 Å². The number of benzene rings is 2. The number of carbonyl (C=O) groups is 2. The van der Waals surface area contributed by atoms with Crippen LogP contribution in [0.5, 0.6) is 0 Å². The summed E-state index contributed by atoms with van der Waals surface area (Å²) in [5.74, 6) is 0.111. The first-order valence-electron chi connectivity index (χ1n) is 8.98. The summed E-state index contributed by atoms with van der Waals surface area (Å²) in [6.07, 6.45) is 0.463. The van der Waals surface area contributed by atoms with Crippen LogP contribution < -0.4 is 10.2 Å². The molecule has 1 fully saturated rings. The van der Waals surface area contributed by atoms with Crippen molar-refractivity contribution in [3.05, 3.63) is 59.7 Å². The maximum absolute atomic E-state index is 12.6. The number of anilines is 2. The van der Waals surface area contributed by atoms with Crippen LogP contribution in [-0.4, -0.2) is 42.9 Å². The topological polar surface area (TPSA) is 52.7 Å². The molecular weight excluding hydrogens is 326 g/mol. The van der Waals surface area contributed by atoms with Crippen molar-refractivity contribution in [2.75, 3.05) is 36.4 Å². The van der Waals surface area contributed by atoms with Crippen LogP contribution in [0.1, 0.15) is 18.1 Å². The number of aryl methyl sites for hydroxylation is 1. The molecule has 3 rings (SSSR count). The van der Waals surface area contributed by atoms with Gasteiger partial charge in [-0.25, -0.2) is 0 Å². The van der Waals surface area contributed by atoms with Crippen LogP contribution in [0, 0.1) is 6.92 Å². The van der Waals surface area contributed by atoms with Gasteiger partial charge in [0.05, 0.1) is 6.42 Å². The number of amides is 2. The summed E-state index contributed by atoms with van der Waals surface area (Å²) in [6, 6.07) is 15.9. The van der Waals surface area contributed by atoms with E-state index in [4.69, 9.17) is 0 Å². The van der Waals surface area contributed by atoms with Gasteiger partial charge < -0.3 is 15.1 Å². The largest absolute Gasteiger partial charge is 0.368 e. The minimum Gasteiger partial charge on any atom is -0.368 e. The van der Waals surface area contributed by atoms with Gasteiger partial charge in [-0.15, -0.1) is 0 Å². The predicted molar refractivity (Wildman–Crippen MR) is 104 cm³/mol. The number of rotatable bonds is 4. The molecule has 136 valence electrons. The molecule has 5 nitrogen and oxygen atoms in total. The van der Waals surface area contributed by atoms with Crippen LogP contribution in [0.2, 0.25) is 0 Å². The third-order valence-electron chi connectivity index (χ3n) is 4.77. The standard InChI is InChI=1S/C21H25N3O2/c1-16-6-3-4-7-18(16)14-21(26)24-12-10-23(11-13-24)20-9-5-8-19(15-20)22-17(2)25/h3-9,15H,10-14H2,1-2H3,(H,22,25). The fourth-order valence-electron chi connectivity index (χ4n) is 3.28. The van der Waals surface area contributed by atoms with Gasteiger partial charge in [-0.3, -0.25) is 9.59 Å². The molecule has 1 aliphatic heterocycles. The van der Waals surface area contributed by atoms with E-state index in [1.165, 1.54) is 6.92 Å². The lowest BCUT2D eigenvalue weighted by Crippen LogP contribution is -2.49. The fourth-order valence-corrected chi connectivity index (χ4v) is 3.28. The second-order valence-corrected chi connectivity index (χ2v) is 6.70. The van der Waals surface area contributed by atoms with Gasteiger partial charge in [-0.05, 0) is 36.2 Å². The lowest BCUT2D eigenvalue weighted by Gasteiger charge is -2.36. The first-order valence-corrected chi connectivity index (χ1v) is 8.98. The highest BCUT2D eigenvalue weighted by Crippen LogP contribution is 2.21. The smallest absolute Gasteiger partial charge is 0.227 e. The molecule has 5 heteroatoms. The van der Waals surface area contributed by atoms with Gasteiger partial charge >= 0.3 is 0 Å². The van der Waals surface area contributed by atoms with Crippen LogP contribution >= 0.6 is 0 Å². The number of hydrogen-bond acceptors (Lipinski definition) is 3. The summed E-state index contributed by atoms with van der Waals surface area (Å²) in [4.78, 5) is 28.0. The highest BCUT2D eigenvalue weighted by atomic mass is 16.2. The Hall–Kier alpha value is -2.82. The Bertz CT molecular complexity index is 795. The van der Waals surface area contributed by atoms with Crippen LogP contribution in [0.25, 0.3) is 0 Å². The summed E-state index contributed by atoms with van der Waals surface area (Å²) in [5, 5.41) is 2.81. The lowest BCUT2D eigenvalue weighted by molar-refractivity contribution is -0.130. The molecule has 1 saturated heterocycles. The fraction of sp³-hybridized carbons (Fsp3) is 0.333. The molecular formula is C21H25N3O2. The zero-order valence-corrected chi connectivity index (χ0v) is 15.4. The molecule has 0 aromatic heterocycles. The summed E-state index contributed by atoms with van der Waals surface area (Å²) in [6.45, 7) is 6.57. The monoisotopic (exact) mass is 351 g/mol. The Labute approximate surface area is 154 Å². The molecule has 2 aromatic carbocycles. The number of nitrogens with one attached hydrogen (secondary N) is 1. The van der Waals surface area contributed by atoms with Crippen LogP contribution in [0.4, 0.5) is 11.4 Å². The van der Waals surface area contributed by atoms with E-state index in [2.05, 4.69) is 10.2 Å². The minimum absolute atomic E-state index is 0.0752. The molecule has 0 spiro atoms. The highest BCUT2D eigenvalue weighted by Gasteiger charge is 2.21. The molecule has 0 bridgehead atoms. The Morgan fingerprint density at radius 1 is 1.00 bits per heavy atom. The summed E-state index contributed by atoms with van der Waals surface area (Å²) >= 11 is 0. The number of nitrogens with zero attached hydrogens (tertiary/aromatic N) is 2. The van der Waals surface area contributed by atoms with Crippen molar-refractivity contribution in [1.82, 2.24) is 4.90 Å². The van der Waals surface area contributed by atoms with Crippen molar-refractivity contribution in [2.24, 2.45) is 0 Å². The second kappa shape index (κ2) is 8.04. The Morgan fingerprint density at radius 2 is 1.73 bits per heavy atom. The maximum atomic E-state index is 12.6. The van der Waals surface area contributed by atoms with E-state index in [0.717, 1.165) is 48.7 Å². The van der Waals surface area contributed by atoms with Crippen molar-refractivity contribution < 1.29 is 9.59 Å². The zero-order chi connectivity index (χ0) is 18.5. The molecule has 0 radical (unpaired) electrons. The van der Waals surface area contributed by atoms with E-state index in [1.54, 1.807) is 0 Å². The molecule has 0 unspecified atom stereocenters. The van der Waals surface area contributed by atoms with Crippen LogP contribution in [0.3, 0.4) is 0 Å². The quantitative estimate of drug-likeness (QED) is 0.922. The molecule has 1 aliphatic rings. The van der Waals surface area contributed by atoms with E-state index < -0.39 is 0 Å². The summed E-state index contributed by atoms with van der Waals surface area (Å²) < 4.78 is 0. The van der Waals surface area contributed by atoms with Crippen molar-refractivity contribution in [1.29, 1.82) is 0 Å². The second-order valence-electron chi connectivity index (χ2n) is 6.70. The van der Waals surface area contributed by atoms with E-state index in [9.17, 15) is 9.59 Å². The molecule has 0 saturated carbocycles. The van der Waals surface area contributed by atoms with Crippen molar-refractivity contribution in [2.45, 2.75) is 20.3 Å². The van der Waals surface area contributed by atoms with Gasteiger partial charge in [0.1, 0.15) is 0 Å². The number of hydrogen-bond donors (Lipinski definition) is 1.